The average molecular weight is 463 g/mol. The van der Waals surface area contributed by atoms with Crippen LogP contribution in [0.2, 0.25) is 0 Å². The lowest BCUT2D eigenvalue weighted by molar-refractivity contribution is -0.148. The summed E-state index contributed by atoms with van der Waals surface area (Å²) in [6.45, 7) is 9.90. The van der Waals surface area contributed by atoms with E-state index >= 15 is 0 Å². The standard InChI is InChI=1S/C26H34N6O2/c1-4-28-12-13-29-25(33)18-30(24-14-21(15-27)11-10-20(24)3)19-26(34)32(5-2)31-16-22-8-6-7-9-23(22)17-31/h6-11,14,28H,4-5,12-13,16-19H2,1-3H3,(H,29,33). The Morgan fingerprint density at radius 1 is 1.06 bits per heavy atom. The van der Waals surface area contributed by atoms with Gasteiger partial charge in [0.05, 0.1) is 24.7 Å². The van der Waals surface area contributed by atoms with E-state index in [9.17, 15) is 14.9 Å². The molecule has 2 N–H and O–H groups in total. The summed E-state index contributed by atoms with van der Waals surface area (Å²) in [6, 6.07) is 15.7. The minimum atomic E-state index is -0.163. The van der Waals surface area contributed by atoms with Crippen molar-refractivity contribution in [1.29, 1.82) is 5.26 Å². The highest BCUT2D eigenvalue weighted by molar-refractivity contribution is 5.87. The first kappa shape index (κ1) is 25.2. The number of likely N-dealkylation sites (N-methyl/N-ethyl adjacent to an activating group) is 2. The molecule has 0 fully saturated rings. The molecule has 34 heavy (non-hydrogen) atoms. The predicted octanol–water partition coefficient (Wildman–Crippen LogP) is 2.18. The number of nitriles is 1. The second-order valence-corrected chi connectivity index (χ2v) is 8.37. The first-order valence-corrected chi connectivity index (χ1v) is 11.8. The van der Waals surface area contributed by atoms with E-state index in [0.717, 1.165) is 17.8 Å². The Labute approximate surface area is 202 Å². The summed E-state index contributed by atoms with van der Waals surface area (Å²) in [4.78, 5) is 27.9. The van der Waals surface area contributed by atoms with Gasteiger partial charge in [-0.05, 0) is 49.2 Å². The maximum atomic E-state index is 13.5. The van der Waals surface area contributed by atoms with Gasteiger partial charge in [0.2, 0.25) is 5.91 Å². The largest absolute Gasteiger partial charge is 0.353 e. The number of carbonyl (C=O) groups is 2. The fraction of sp³-hybridized carbons (Fsp3) is 0.423. The van der Waals surface area contributed by atoms with Gasteiger partial charge in [-0.2, -0.15) is 5.26 Å². The maximum absolute atomic E-state index is 13.5. The number of benzene rings is 2. The van der Waals surface area contributed by atoms with Gasteiger partial charge in [0.15, 0.2) is 0 Å². The molecule has 0 aliphatic carbocycles. The zero-order chi connectivity index (χ0) is 24.5. The van der Waals surface area contributed by atoms with Gasteiger partial charge in [-0.3, -0.25) is 14.6 Å². The molecule has 2 aromatic rings. The second-order valence-electron chi connectivity index (χ2n) is 8.37. The van der Waals surface area contributed by atoms with E-state index in [0.29, 0.717) is 38.3 Å². The Kier molecular flexibility index (Phi) is 9.02. The molecule has 0 unspecified atom stereocenters. The number of carbonyl (C=O) groups excluding carboxylic acids is 2. The van der Waals surface area contributed by atoms with Crippen LogP contribution in [0.25, 0.3) is 0 Å². The minimum absolute atomic E-state index is 0.0331. The third-order valence-corrected chi connectivity index (χ3v) is 5.97. The van der Waals surface area contributed by atoms with Crippen molar-refractivity contribution < 1.29 is 9.59 Å². The fourth-order valence-corrected chi connectivity index (χ4v) is 4.21. The number of hydrogen-bond acceptors (Lipinski definition) is 6. The summed E-state index contributed by atoms with van der Waals surface area (Å²) in [6.07, 6.45) is 0. The van der Waals surface area contributed by atoms with Crippen molar-refractivity contribution in [3.05, 3.63) is 64.7 Å². The van der Waals surface area contributed by atoms with Crippen LogP contribution in [0.1, 0.15) is 36.1 Å². The number of hydrazine groups is 1. The molecule has 0 saturated heterocycles. The van der Waals surface area contributed by atoms with Crippen LogP contribution in [-0.2, 0) is 22.7 Å². The number of nitrogens with zero attached hydrogens (tertiary/aromatic N) is 4. The third-order valence-electron chi connectivity index (χ3n) is 5.97. The molecule has 0 radical (unpaired) electrons. The molecule has 0 saturated carbocycles. The summed E-state index contributed by atoms with van der Waals surface area (Å²) in [5.41, 5.74) is 4.57. The van der Waals surface area contributed by atoms with Gasteiger partial charge in [0.25, 0.3) is 5.91 Å². The van der Waals surface area contributed by atoms with Crippen LogP contribution >= 0.6 is 0 Å². The van der Waals surface area contributed by atoms with Crippen LogP contribution < -0.4 is 15.5 Å². The fourth-order valence-electron chi connectivity index (χ4n) is 4.21. The third kappa shape index (κ3) is 6.34. The number of fused-ring (bicyclic) bond motifs is 1. The Balaban J connectivity index is 1.76. The second kappa shape index (κ2) is 12.2. The van der Waals surface area contributed by atoms with Crippen molar-refractivity contribution in [1.82, 2.24) is 20.7 Å². The van der Waals surface area contributed by atoms with Crippen molar-refractivity contribution in [2.75, 3.05) is 44.2 Å². The molecule has 0 spiro atoms. The maximum Gasteiger partial charge on any atom is 0.256 e. The van der Waals surface area contributed by atoms with Gasteiger partial charge in [-0.15, -0.1) is 0 Å². The summed E-state index contributed by atoms with van der Waals surface area (Å²) in [5.74, 6) is -0.249. The topological polar surface area (TPSA) is 91.7 Å². The molecule has 0 aromatic heterocycles. The van der Waals surface area contributed by atoms with Gasteiger partial charge in [0.1, 0.15) is 0 Å². The number of anilines is 1. The first-order chi connectivity index (χ1) is 16.5. The molecule has 3 rings (SSSR count). The lowest BCUT2D eigenvalue weighted by atomic mass is 10.1. The minimum Gasteiger partial charge on any atom is -0.353 e. The normalized spacial score (nSPS) is 12.6. The van der Waals surface area contributed by atoms with E-state index in [1.165, 1.54) is 11.1 Å². The Morgan fingerprint density at radius 3 is 2.38 bits per heavy atom. The molecule has 1 heterocycles. The molecule has 1 aliphatic heterocycles. The number of nitrogens with one attached hydrogen (secondary N) is 2. The first-order valence-electron chi connectivity index (χ1n) is 11.8. The van der Waals surface area contributed by atoms with Crippen LogP contribution in [-0.4, -0.2) is 61.1 Å². The lowest BCUT2D eigenvalue weighted by Crippen LogP contribution is -2.50. The van der Waals surface area contributed by atoms with Crippen LogP contribution in [0.4, 0.5) is 5.69 Å². The van der Waals surface area contributed by atoms with Gasteiger partial charge >= 0.3 is 0 Å². The predicted molar refractivity (Wildman–Crippen MR) is 133 cm³/mol. The number of amides is 2. The number of hydrogen-bond donors (Lipinski definition) is 2. The SMILES string of the molecule is CCNCCNC(=O)CN(CC(=O)N(CC)N1Cc2ccccc2C1)c1cc(C#N)ccc1C. The molecule has 180 valence electrons. The smallest absolute Gasteiger partial charge is 0.256 e. The molecule has 0 atom stereocenters. The molecular weight excluding hydrogens is 428 g/mol. The molecule has 8 nitrogen and oxygen atoms in total. The van der Waals surface area contributed by atoms with Crippen molar-refractivity contribution in [2.45, 2.75) is 33.9 Å². The molecule has 1 aliphatic rings. The van der Waals surface area contributed by atoms with Gasteiger partial charge in [0, 0.05) is 38.4 Å². The highest BCUT2D eigenvalue weighted by Gasteiger charge is 2.28. The Morgan fingerprint density at radius 2 is 1.76 bits per heavy atom. The van der Waals surface area contributed by atoms with Crippen LogP contribution in [0, 0.1) is 18.3 Å². The van der Waals surface area contributed by atoms with Crippen molar-refractivity contribution >= 4 is 17.5 Å². The molecule has 2 amide bonds. The van der Waals surface area contributed by atoms with Gasteiger partial charge in [-0.1, -0.05) is 37.3 Å². The zero-order valence-corrected chi connectivity index (χ0v) is 20.3. The Hall–Kier alpha value is -3.41. The summed E-state index contributed by atoms with van der Waals surface area (Å²) >= 11 is 0. The average Bonchev–Trinajstić information content (AvgIpc) is 3.26. The van der Waals surface area contributed by atoms with Crippen molar-refractivity contribution in [3.8, 4) is 6.07 Å². The van der Waals surface area contributed by atoms with Gasteiger partial charge in [-0.25, -0.2) is 5.01 Å². The molecule has 2 aromatic carbocycles. The van der Waals surface area contributed by atoms with Gasteiger partial charge < -0.3 is 15.5 Å². The number of aryl methyl sites for hydroxylation is 1. The van der Waals surface area contributed by atoms with Crippen LogP contribution in [0.3, 0.4) is 0 Å². The van der Waals surface area contributed by atoms with E-state index in [-0.39, 0.29) is 24.9 Å². The molecule has 0 bridgehead atoms. The summed E-state index contributed by atoms with van der Waals surface area (Å²) in [7, 11) is 0. The molecule has 8 heteroatoms. The monoisotopic (exact) mass is 462 g/mol. The van der Waals surface area contributed by atoms with Crippen LogP contribution in [0.15, 0.2) is 42.5 Å². The van der Waals surface area contributed by atoms with E-state index < -0.39 is 0 Å². The Bertz CT molecular complexity index is 1020. The number of rotatable bonds is 11. The summed E-state index contributed by atoms with van der Waals surface area (Å²) < 4.78 is 0. The lowest BCUT2D eigenvalue weighted by Gasteiger charge is -2.33. The highest BCUT2D eigenvalue weighted by atomic mass is 16.2. The summed E-state index contributed by atoms with van der Waals surface area (Å²) in [5, 5.41) is 19.3. The van der Waals surface area contributed by atoms with E-state index in [1.807, 2.05) is 39.0 Å². The van der Waals surface area contributed by atoms with Crippen molar-refractivity contribution in [2.24, 2.45) is 0 Å². The van der Waals surface area contributed by atoms with E-state index in [4.69, 9.17) is 0 Å². The zero-order valence-electron chi connectivity index (χ0n) is 20.3. The van der Waals surface area contributed by atoms with Crippen molar-refractivity contribution in [3.63, 3.8) is 0 Å². The van der Waals surface area contributed by atoms with E-state index in [2.05, 4.69) is 33.8 Å². The highest BCUT2D eigenvalue weighted by Crippen LogP contribution is 2.25. The molecular formula is C26H34N6O2. The van der Waals surface area contributed by atoms with E-state index in [1.54, 1.807) is 22.0 Å². The van der Waals surface area contributed by atoms with Crippen LogP contribution in [0.5, 0.6) is 0 Å². The quantitative estimate of drug-likeness (QED) is 0.498.